The van der Waals surface area contributed by atoms with Crippen molar-refractivity contribution in [3.63, 3.8) is 0 Å². The molecule has 1 unspecified atom stereocenters. The van der Waals surface area contributed by atoms with Crippen LogP contribution in [0.5, 0.6) is 0 Å². The number of rotatable bonds is 3. The highest BCUT2D eigenvalue weighted by Crippen LogP contribution is 2.52. The molecule has 3 nitrogen and oxygen atoms in total. The number of carboxylic acids is 1. The van der Waals surface area contributed by atoms with Gasteiger partial charge < -0.3 is 10.2 Å². The number of halogens is 1. The van der Waals surface area contributed by atoms with E-state index < -0.39 is 23.3 Å². The summed E-state index contributed by atoms with van der Waals surface area (Å²) in [5, 5.41) is 18.5. The molecule has 1 fully saturated rings. The summed E-state index contributed by atoms with van der Waals surface area (Å²) in [6, 6.07) is 4.27. The summed E-state index contributed by atoms with van der Waals surface area (Å²) in [6.45, 7) is 1.80. The Balaban J connectivity index is 2.44. The van der Waals surface area contributed by atoms with Crippen LogP contribution in [0.25, 0.3) is 0 Å². The van der Waals surface area contributed by atoms with E-state index in [0.717, 1.165) is 5.56 Å². The van der Waals surface area contributed by atoms with Gasteiger partial charge in [0, 0.05) is 5.41 Å². The molecule has 1 aromatic rings. The molecule has 2 N–H and O–H groups in total. The zero-order valence-electron chi connectivity index (χ0n) is 8.90. The van der Waals surface area contributed by atoms with Crippen LogP contribution in [-0.2, 0) is 10.2 Å². The van der Waals surface area contributed by atoms with Crippen molar-refractivity contribution >= 4 is 5.97 Å². The number of carbonyl (C=O) groups is 1. The highest BCUT2D eigenvalue weighted by atomic mass is 19.1. The quantitative estimate of drug-likeness (QED) is 0.820. The maximum Gasteiger partial charge on any atom is 0.333 e. The van der Waals surface area contributed by atoms with Gasteiger partial charge in [-0.25, -0.2) is 9.18 Å². The van der Waals surface area contributed by atoms with Gasteiger partial charge in [-0.2, -0.15) is 0 Å². The molecule has 16 heavy (non-hydrogen) atoms. The van der Waals surface area contributed by atoms with E-state index in [4.69, 9.17) is 5.11 Å². The largest absolute Gasteiger partial charge is 0.479 e. The molecular weight excluding hydrogens is 211 g/mol. The second-order valence-corrected chi connectivity index (χ2v) is 4.36. The van der Waals surface area contributed by atoms with E-state index in [1.54, 1.807) is 13.0 Å². The van der Waals surface area contributed by atoms with Crippen LogP contribution in [0.2, 0.25) is 0 Å². The minimum Gasteiger partial charge on any atom is -0.479 e. The van der Waals surface area contributed by atoms with Gasteiger partial charge >= 0.3 is 5.97 Å². The van der Waals surface area contributed by atoms with Crippen LogP contribution in [0.3, 0.4) is 0 Å². The molecule has 0 amide bonds. The van der Waals surface area contributed by atoms with E-state index in [0.29, 0.717) is 18.4 Å². The molecular formula is C12H13FO3. The molecule has 1 aromatic carbocycles. The Bertz CT molecular complexity index is 438. The fourth-order valence-electron chi connectivity index (χ4n) is 2.19. The van der Waals surface area contributed by atoms with Gasteiger partial charge in [0.05, 0.1) is 0 Å². The van der Waals surface area contributed by atoms with Crippen molar-refractivity contribution < 1.29 is 19.4 Å². The zero-order valence-corrected chi connectivity index (χ0v) is 8.90. The molecule has 0 aliphatic heterocycles. The Morgan fingerprint density at radius 2 is 2.12 bits per heavy atom. The van der Waals surface area contributed by atoms with Crippen molar-refractivity contribution in [2.45, 2.75) is 31.3 Å². The van der Waals surface area contributed by atoms with Gasteiger partial charge in [-0.05, 0) is 43.0 Å². The molecule has 1 aliphatic carbocycles. The molecule has 0 bridgehead atoms. The van der Waals surface area contributed by atoms with E-state index >= 15 is 0 Å². The van der Waals surface area contributed by atoms with Gasteiger partial charge in [0.2, 0.25) is 0 Å². The Morgan fingerprint density at radius 1 is 1.50 bits per heavy atom. The lowest BCUT2D eigenvalue weighted by Crippen LogP contribution is -2.34. The summed E-state index contributed by atoms with van der Waals surface area (Å²) < 4.78 is 13.1. The molecule has 0 radical (unpaired) electrons. The molecule has 86 valence electrons. The van der Waals surface area contributed by atoms with Gasteiger partial charge in [-0.15, -0.1) is 0 Å². The maximum atomic E-state index is 13.1. The predicted molar refractivity (Wildman–Crippen MR) is 55.7 cm³/mol. The highest BCUT2D eigenvalue weighted by molar-refractivity contribution is 5.76. The van der Waals surface area contributed by atoms with Crippen LogP contribution in [0.1, 0.15) is 24.0 Å². The summed E-state index contributed by atoms with van der Waals surface area (Å²) in [4.78, 5) is 10.8. The molecule has 0 aromatic heterocycles. The first-order chi connectivity index (χ1) is 7.47. The van der Waals surface area contributed by atoms with Crippen LogP contribution < -0.4 is 0 Å². The number of aliphatic hydroxyl groups excluding tert-OH is 1. The highest BCUT2D eigenvalue weighted by Gasteiger charge is 2.54. The normalized spacial score (nSPS) is 19.2. The van der Waals surface area contributed by atoms with E-state index in [2.05, 4.69) is 0 Å². The number of aliphatic carboxylic acids is 1. The van der Waals surface area contributed by atoms with Crippen LogP contribution in [0.4, 0.5) is 4.39 Å². The summed E-state index contributed by atoms with van der Waals surface area (Å²) >= 11 is 0. The van der Waals surface area contributed by atoms with Gasteiger partial charge in [-0.1, -0.05) is 6.07 Å². The van der Waals surface area contributed by atoms with Crippen molar-refractivity contribution in [3.05, 3.63) is 35.1 Å². The van der Waals surface area contributed by atoms with Crippen molar-refractivity contribution in [2.75, 3.05) is 0 Å². The maximum absolute atomic E-state index is 13.1. The number of aryl methyl sites for hydroxylation is 1. The van der Waals surface area contributed by atoms with Crippen LogP contribution in [-0.4, -0.2) is 22.3 Å². The molecule has 0 heterocycles. The minimum atomic E-state index is -1.45. The van der Waals surface area contributed by atoms with E-state index in [1.807, 2.05) is 0 Å². The molecule has 0 spiro atoms. The number of aliphatic hydroxyl groups is 1. The van der Waals surface area contributed by atoms with Crippen LogP contribution in [0.15, 0.2) is 18.2 Å². The minimum absolute atomic E-state index is 0.399. The van der Waals surface area contributed by atoms with E-state index in [-0.39, 0.29) is 0 Å². The van der Waals surface area contributed by atoms with Crippen molar-refractivity contribution in [3.8, 4) is 0 Å². The second kappa shape index (κ2) is 3.56. The summed E-state index contributed by atoms with van der Waals surface area (Å²) in [6.07, 6.45) is -0.275. The number of hydrogen-bond acceptors (Lipinski definition) is 2. The zero-order chi connectivity index (χ0) is 11.9. The lowest BCUT2D eigenvalue weighted by atomic mass is 9.87. The SMILES string of the molecule is Cc1ccc(F)cc1C1(C(O)C(=O)O)CC1. The van der Waals surface area contributed by atoms with Crippen molar-refractivity contribution in [2.24, 2.45) is 0 Å². The predicted octanol–water partition coefficient (Wildman–Crippen LogP) is 1.61. The molecule has 0 saturated heterocycles. The molecule has 1 aliphatic rings. The van der Waals surface area contributed by atoms with Gasteiger partial charge in [0.1, 0.15) is 5.82 Å². The summed E-state index contributed by atoms with van der Waals surface area (Å²) in [5.41, 5.74) is 0.652. The van der Waals surface area contributed by atoms with Crippen molar-refractivity contribution in [1.29, 1.82) is 0 Å². The average Bonchev–Trinajstić information content (AvgIpc) is 3.01. The van der Waals surface area contributed by atoms with E-state index in [9.17, 15) is 14.3 Å². The average molecular weight is 224 g/mol. The lowest BCUT2D eigenvalue weighted by molar-refractivity contribution is -0.148. The third kappa shape index (κ3) is 1.59. The monoisotopic (exact) mass is 224 g/mol. The van der Waals surface area contributed by atoms with Gasteiger partial charge in [0.15, 0.2) is 6.10 Å². The first-order valence-corrected chi connectivity index (χ1v) is 5.15. The Hall–Kier alpha value is -1.42. The number of benzene rings is 1. The number of hydrogen-bond donors (Lipinski definition) is 2. The van der Waals surface area contributed by atoms with Crippen LogP contribution >= 0.6 is 0 Å². The van der Waals surface area contributed by atoms with Gasteiger partial charge in [-0.3, -0.25) is 0 Å². The summed E-state index contributed by atoms with van der Waals surface area (Å²) in [7, 11) is 0. The van der Waals surface area contributed by atoms with Gasteiger partial charge in [0.25, 0.3) is 0 Å². The lowest BCUT2D eigenvalue weighted by Gasteiger charge is -2.21. The smallest absolute Gasteiger partial charge is 0.333 e. The first-order valence-electron chi connectivity index (χ1n) is 5.15. The molecule has 1 saturated carbocycles. The topological polar surface area (TPSA) is 57.5 Å². The fraction of sp³-hybridized carbons (Fsp3) is 0.417. The molecule has 4 heteroatoms. The standard InChI is InChI=1S/C12H13FO3/c1-7-2-3-8(13)6-9(7)12(4-5-12)10(14)11(15)16/h2-3,6,10,14H,4-5H2,1H3,(H,15,16). The molecule has 1 atom stereocenters. The first kappa shape index (κ1) is 11.1. The molecule has 2 rings (SSSR count). The summed E-state index contributed by atoms with van der Waals surface area (Å²) in [5.74, 6) is -1.65. The van der Waals surface area contributed by atoms with E-state index in [1.165, 1.54) is 12.1 Å². The Morgan fingerprint density at radius 3 is 2.62 bits per heavy atom. The Kier molecular flexibility index (Phi) is 2.46. The second-order valence-electron chi connectivity index (χ2n) is 4.36. The fourth-order valence-corrected chi connectivity index (χ4v) is 2.19. The third-order valence-electron chi connectivity index (χ3n) is 3.28. The third-order valence-corrected chi connectivity index (χ3v) is 3.28. The van der Waals surface area contributed by atoms with Crippen molar-refractivity contribution in [1.82, 2.24) is 0 Å². The Labute approximate surface area is 92.5 Å². The van der Waals surface area contributed by atoms with Crippen LogP contribution in [0, 0.1) is 12.7 Å². The number of carboxylic acid groups (broad SMARTS) is 1.